The van der Waals surface area contributed by atoms with Crippen LogP contribution in [0.5, 0.6) is 0 Å². The monoisotopic (exact) mass is 388 g/mol. The second-order valence-electron chi connectivity index (χ2n) is 6.48. The van der Waals surface area contributed by atoms with Crippen LogP contribution in [0.3, 0.4) is 0 Å². The lowest BCUT2D eigenvalue weighted by molar-refractivity contribution is -0.125. The second-order valence-corrected chi connectivity index (χ2v) is 6.48. The van der Waals surface area contributed by atoms with Gasteiger partial charge in [0.05, 0.1) is 12.2 Å². The van der Waals surface area contributed by atoms with Crippen LogP contribution in [0.1, 0.15) is 53.2 Å². The predicted octanol–water partition coefficient (Wildman–Crippen LogP) is 3.75. The fraction of sp³-hybridized carbons (Fsp3) is 0.381. The first kappa shape index (κ1) is 21.3. The van der Waals surface area contributed by atoms with Gasteiger partial charge < -0.3 is 14.6 Å². The molecule has 0 atom stereocenters. The van der Waals surface area contributed by atoms with Gasteiger partial charge in [0.25, 0.3) is 11.7 Å². The van der Waals surface area contributed by atoms with Gasteiger partial charge in [0, 0.05) is 30.4 Å². The summed E-state index contributed by atoms with van der Waals surface area (Å²) in [7, 11) is 1.54. The van der Waals surface area contributed by atoms with Crippen molar-refractivity contribution >= 4 is 17.7 Å². The first-order valence-electron chi connectivity index (χ1n) is 9.27. The number of aromatic amines is 1. The Hall–Kier alpha value is -2.96. The third-order valence-electron chi connectivity index (χ3n) is 4.43. The number of esters is 1. The van der Waals surface area contributed by atoms with Crippen LogP contribution >= 0.6 is 0 Å². The lowest BCUT2D eigenvalue weighted by Gasteiger charge is -2.16. The third kappa shape index (κ3) is 4.30. The summed E-state index contributed by atoms with van der Waals surface area (Å²) in [5.41, 5.74) is 0.390. The molecule has 0 saturated carbocycles. The molecule has 0 fully saturated rings. The summed E-state index contributed by atoms with van der Waals surface area (Å²) in [6.07, 6.45) is 1.63. The second kappa shape index (κ2) is 9.30. The van der Waals surface area contributed by atoms with Crippen LogP contribution in [0.4, 0.5) is 4.39 Å². The van der Waals surface area contributed by atoms with Gasteiger partial charge in [-0.1, -0.05) is 31.5 Å². The van der Waals surface area contributed by atoms with Crippen LogP contribution in [-0.4, -0.2) is 47.7 Å². The normalized spacial score (nSPS) is 10.6. The first-order valence-corrected chi connectivity index (χ1v) is 9.27. The quantitative estimate of drug-likeness (QED) is 0.424. The highest BCUT2D eigenvalue weighted by Gasteiger charge is 2.32. The van der Waals surface area contributed by atoms with E-state index < -0.39 is 23.5 Å². The number of aromatic nitrogens is 1. The largest absolute Gasteiger partial charge is 0.462 e. The molecule has 2 aromatic rings. The number of H-pyrrole nitrogens is 1. The Morgan fingerprint density at radius 3 is 2.46 bits per heavy atom. The van der Waals surface area contributed by atoms with Crippen molar-refractivity contribution in [3.63, 3.8) is 0 Å². The van der Waals surface area contributed by atoms with E-state index in [-0.39, 0.29) is 29.0 Å². The molecule has 7 heteroatoms. The van der Waals surface area contributed by atoms with E-state index >= 15 is 0 Å². The maximum absolute atomic E-state index is 14.5. The number of nitrogens with zero attached hydrogens (tertiary/aromatic N) is 1. The predicted molar refractivity (Wildman–Crippen MR) is 104 cm³/mol. The Labute approximate surface area is 163 Å². The van der Waals surface area contributed by atoms with E-state index in [1.807, 2.05) is 6.92 Å². The highest BCUT2D eigenvalue weighted by atomic mass is 19.1. The van der Waals surface area contributed by atoms with Crippen molar-refractivity contribution in [1.82, 2.24) is 9.88 Å². The number of carbonyl (C=O) groups excluding carboxylic acids is 3. The molecule has 0 aliphatic carbocycles. The van der Waals surface area contributed by atoms with Gasteiger partial charge in [0.15, 0.2) is 0 Å². The highest BCUT2D eigenvalue weighted by Crippen LogP contribution is 2.33. The van der Waals surface area contributed by atoms with E-state index in [1.165, 1.54) is 23.1 Å². The SMILES string of the molecule is CCCCN(C)C(=O)C(=O)c1[nH]c(C)c(C(=O)OCC)c1-c1ccccc1F. The molecule has 0 bridgehead atoms. The number of rotatable bonds is 8. The molecule has 1 heterocycles. The van der Waals surface area contributed by atoms with Crippen molar-refractivity contribution in [2.75, 3.05) is 20.2 Å². The summed E-state index contributed by atoms with van der Waals surface area (Å²) in [5, 5.41) is 0. The topological polar surface area (TPSA) is 79.5 Å². The van der Waals surface area contributed by atoms with E-state index in [0.29, 0.717) is 12.2 Å². The number of Topliss-reactive ketones (excluding diaryl/α,β-unsaturated/α-hetero) is 1. The summed E-state index contributed by atoms with van der Waals surface area (Å²) in [5.74, 6) is -2.83. The van der Waals surface area contributed by atoms with Crippen LogP contribution in [0, 0.1) is 12.7 Å². The molecule has 0 unspecified atom stereocenters. The number of hydrogen-bond acceptors (Lipinski definition) is 4. The Bertz CT molecular complexity index is 889. The first-order chi connectivity index (χ1) is 13.3. The average molecular weight is 388 g/mol. The van der Waals surface area contributed by atoms with Gasteiger partial charge in [0.2, 0.25) is 0 Å². The average Bonchev–Trinajstić information content (AvgIpc) is 3.02. The number of unbranched alkanes of at least 4 members (excludes halogenated alkanes) is 1. The zero-order valence-corrected chi connectivity index (χ0v) is 16.6. The Kier molecular flexibility index (Phi) is 7.09. The number of ketones is 1. The van der Waals surface area contributed by atoms with E-state index in [9.17, 15) is 18.8 Å². The number of aryl methyl sites for hydroxylation is 1. The van der Waals surface area contributed by atoms with Crippen LogP contribution in [0.25, 0.3) is 11.1 Å². The molecule has 2 rings (SSSR count). The lowest BCUT2D eigenvalue weighted by atomic mass is 9.97. The summed E-state index contributed by atoms with van der Waals surface area (Å²) < 4.78 is 19.6. The van der Waals surface area contributed by atoms with Crippen molar-refractivity contribution in [1.29, 1.82) is 0 Å². The Balaban J connectivity index is 2.60. The highest BCUT2D eigenvalue weighted by molar-refractivity contribution is 6.43. The summed E-state index contributed by atoms with van der Waals surface area (Å²) in [6, 6.07) is 5.80. The molecule has 0 radical (unpaired) electrons. The van der Waals surface area contributed by atoms with Crippen molar-refractivity contribution in [3.8, 4) is 11.1 Å². The number of benzene rings is 1. The van der Waals surface area contributed by atoms with E-state index in [1.54, 1.807) is 27.0 Å². The van der Waals surface area contributed by atoms with Crippen LogP contribution in [-0.2, 0) is 9.53 Å². The third-order valence-corrected chi connectivity index (χ3v) is 4.43. The molecule has 1 aromatic heterocycles. The van der Waals surface area contributed by atoms with Gasteiger partial charge in [-0.15, -0.1) is 0 Å². The molecule has 1 aromatic carbocycles. The van der Waals surface area contributed by atoms with Gasteiger partial charge in [-0.3, -0.25) is 9.59 Å². The molecule has 0 aliphatic rings. The van der Waals surface area contributed by atoms with E-state index in [0.717, 1.165) is 12.8 Å². The van der Waals surface area contributed by atoms with E-state index in [4.69, 9.17) is 4.74 Å². The lowest BCUT2D eigenvalue weighted by Crippen LogP contribution is -2.34. The maximum atomic E-state index is 14.5. The molecule has 1 amide bonds. The minimum Gasteiger partial charge on any atom is -0.462 e. The number of likely N-dealkylation sites (N-methyl/N-ethyl adjacent to an activating group) is 1. The minimum atomic E-state index is -0.824. The van der Waals surface area contributed by atoms with Crippen molar-refractivity contribution < 1.29 is 23.5 Å². The maximum Gasteiger partial charge on any atom is 0.340 e. The number of ether oxygens (including phenoxy) is 1. The number of amides is 1. The standard InChI is InChI=1S/C21H25FN2O4/c1-5-7-12-24(4)20(26)19(25)18-17(14-10-8-9-11-15(14)22)16(13(3)23-18)21(27)28-6-2/h8-11,23H,5-7,12H2,1-4H3. The number of nitrogens with one attached hydrogen (secondary N) is 1. The Morgan fingerprint density at radius 2 is 1.86 bits per heavy atom. The smallest absolute Gasteiger partial charge is 0.340 e. The van der Waals surface area contributed by atoms with Gasteiger partial charge in [-0.2, -0.15) is 0 Å². The molecule has 28 heavy (non-hydrogen) atoms. The summed E-state index contributed by atoms with van der Waals surface area (Å²) in [4.78, 5) is 42.1. The van der Waals surface area contributed by atoms with E-state index in [2.05, 4.69) is 4.98 Å². The molecule has 0 saturated heterocycles. The van der Waals surface area contributed by atoms with Gasteiger partial charge >= 0.3 is 5.97 Å². The van der Waals surface area contributed by atoms with Crippen LogP contribution in [0.15, 0.2) is 24.3 Å². The van der Waals surface area contributed by atoms with Crippen molar-refractivity contribution in [2.45, 2.75) is 33.6 Å². The van der Waals surface area contributed by atoms with Crippen molar-refractivity contribution in [3.05, 3.63) is 47.0 Å². The van der Waals surface area contributed by atoms with Crippen LogP contribution in [0.2, 0.25) is 0 Å². The van der Waals surface area contributed by atoms with Crippen LogP contribution < -0.4 is 0 Å². The van der Waals surface area contributed by atoms with Crippen molar-refractivity contribution in [2.24, 2.45) is 0 Å². The number of halogens is 1. The zero-order valence-electron chi connectivity index (χ0n) is 16.6. The van der Waals surface area contributed by atoms with Gasteiger partial charge in [-0.05, 0) is 26.3 Å². The molecular weight excluding hydrogens is 363 g/mol. The molecule has 1 N–H and O–H groups in total. The molecule has 0 aliphatic heterocycles. The minimum absolute atomic E-state index is 0.0521. The zero-order chi connectivity index (χ0) is 20.8. The fourth-order valence-corrected chi connectivity index (χ4v) is 2.96. The molecule has 0 spiro atoms. The number of hydrogen-bond donors (Lipinski definition) is 1. The fourth-order valence-electron chi connectivity index (χ4n) is 2.96. The molecular formula is C21H25FN2O4. The summed E-state index contributed by atoms with van der Waals surface area (Å²) in [6.45, 7) is 5.78. The molecule has 6 nitrogen and oxygen atoms in total. The van der Waals surface area contributed by atoms with Gasteiger partial charge in [-0.25, -0.2) is 9.18 Å². The molecule has 150 valence electrons. The number of carbonyl (C=O) groups is 3. The van der Waals surface area contributed by atoms with Gasteiger partial charge in [0.1, 0.15) is 11.5 Å². The Morgan fingerprint density at radius 1 is 1.18 bits per heavy atom. The summed E-state index contributed by atoms with van der Waals surface area (Å²) >= 11 is 0.